The van der Waals surface area contributed by atoms with Gasteiger partial charge < -0.3 is 15.1 Å². The second-order valence-electron chi connectivity index (χ2n) is 5.96. The average molecular weight is 312 g/mol. The van der Waals surface area contributed by atoms with Gasteiger partial charge in [-0.15, -0.1) is 0 Å². The third-order valence-electron chi connectivity index (χ3n) is 4.40. The summed E-state index contributed by atoms with van der Waals surface area (Å²) in [6.45, 7) is 1.88. The van der Waals surface area contributed by atoms with Crippen LogP contribution in [0.2, 0.25) is 0 Å². The topological polar surface area (TPSA) is 71.3 Å². The van der Waals surface area contributed by atoms with Gasteiger partial charge in [0.2, 0.25) is 11.8 Å². The van der Waals surface area contributed by atoms with E-state index >= 15 is 0 Å². The number of carbonyl (C=O) groups is 2. The van der Waals surface area contributed by atoms with Gasteiger partial charge in [0.1, 0.15) is 5.76 Å². The van der Waals surface area contributed by atoms with E-state index in [4.69, 9.17) is 4.42 Å². The highest BCUT2D eigenvalue weighted by atomic mass is 16.3. The van der Waals surface area contributed by atoms with Crippen LogP contribution in [0.4, 0.5) is 5.69 Å². The quantitative estimate of drug-likeness (QED) is 0.891. The molecule has 1 aromatic carbocycles. The summed E-state index contributed by atoms with van der Waals surface area (Å²) in [4.78, 5) is 23.8. The molecule has 2 N–H and O–H groups in total. The summed E-state index contributed by atoms with van der Waals surface area (Å²) < 4.78 is 5.25. The molecule has 0 bridgehead atoms. The van der Waals surface area contributed by atoms with Gasteiger partial charge in [-0.3, -0.25) is 9.59 Å². The van der Waals surface area contributed by atoms with Crippen LogP contribution >= 0.6 is 0 Å². The Balaban J connectivity index is 1.72. The molecule has 2 aromatic rings. The summed E-state index contributed by atoms with van der Waals surface area (Å²) in [5.41, 5.74) is 1.28. The van der Waals surface area contributed by atoms with E-state index in [0.717, 1.165) is 36.3 Å². The van der Waals surface area contributed by atoms with E-state index in [9.17, 15) is 9.59 Å². The first-order chi connectivity index (χ1) is 11.1. The zero-order chi connectivity index (χ0) is 16.3. The monoisotopic (exact) mass is 312 g/mol. The van der Waals surface area contributed by atoms with Gasteiger partial charge in [-0.2, -0.15) is 0 Å². The van der Waals surface area contributed by atoms with E-state index in [-0.39, 0.29) is 11.8 Å². The van der Waals surface area contributed by atoms with Crippen molar-refractivity contribution < 1.29 is 14.0 Å². The Morgan fingerprint density at radius 3 is 2.43 bits per heavy atom. The minimum absolute atomic E-state index is 0.0347. The predicted octanol–water partition coefficient (Wildman–Crippen LogP) is 2.98. The van der Waals surface area contributed by atoms with E-state index in [1.54, 1.807) is 12.3 Å². The second kappa shape index (κ2) is 6.28. The van der Waals surface area contributed by atoms with Crippen molar-refractivity contribution in [1.29, 1.82) is 0 Å². The molecular weight excluding hydrogens is 292 g/mol. The SMILES string of the molecule is CC(=O)Nc1ccc(C2(C(=O)NCc3ccco3)CCC2)cc1. The maximum absolute atomic E-state index is 12.7. The minimum Gasteiger partial charge on any atom is -0.467 e. The Hall–Kier alpha value is -2.56. The van der Waals surface area contributed by atoms with Gasteiger partial charge in [0.25, 0.3) is 0 Å². The fourth-order valence-electron chi connectivity index (χ4n) is 3.00. The molecule has 1 aromatic heterocycles. The summed E-state index contributed by atoms with van der Waals surface area (Å²) in [7, 11) is 0. The third kappa shape index (κ3) is 3.13. The lowest BCUT2D eigenvalue weighted by Gasteiger charge is -2.40. The number of amides is 2. The van der Waals surface area contributed by atoms with E-state index in [0.29, 0.717) is 6.54 Å². The van der Waals surface area contributed by atoms with Gasteiger partial charge in [-0.25, -0.2) is 0 Å². The van der Waals surface area contributed by atoms with Crippen molar-refractivity contribution >= 4 is 17.5 Å². The largest absolute Gasteiger partial charge is 0.467 e. The van der Waals surface area contributed by atoms with Crippen LogP contribution in [0.1, 0.15) is 37.5 Å². The Morgan fingerprint density at radius 2 is 1.91 bits per heavy atom. The number of nitrogens with one attached hydrogen (secondary N) is 2. The molecule has 0 aliphatic heterocycles. The molecule has 0 radical (unpaired) electrons. The number of carbonyl (C=O) groups excluding carboxylic acids is 2. The highest BCUT2D eigenvalue weighted by molar-refractivity contribution is 5.90. The number of hydrogen-bond donors (Lipinski definition) is 2. The predicted molar refractivity (Wildman–Crippen MR) is 86.8 cm³/mol. The average Bonchev–Trinajstić information content (AvgIpc) is 2.98. The molecule has 5 heteroatoms. The molecule has 3 rings (SSSR count). The van der Waals surface area contributed by atoms with Crippen molar-refractivity contribution in [3.8, 4) is 0 Å². The molecule has 0 spiro atoms. The number of furan rings is 1. The molecule has 120 valence electrons. The zero-order valence-corrected chi connectivity index (χ0v) is 13.1. The minimum atomic E-state index is -0.457. The van der Waals surface area contributed by atoms with Gasteiger partial charge in [0.15, 0.2) is 0 Å². The lowest BCUT2D eigenvalue weighted by atomic mass is 9.64. The molecule has 0 saturated heterocycles. The van der Waals surface area contributed by atoms with Crippen molar-refractivity contribution in [1.82, 2.24) is 5.32 Å². The normalized spacial score (nSPS) is 15.5. The zero-order valence-electron chi connectivity index (χ0n) is 13.1. The first kappa shape index (κ1) is 15.3. The molecule has 1 heterocycles. The number of hydrogen-bond acceptors (Lipinski definition) is 3. The van der Waals surface area contributed by atoms with Crippen LogP contribution in [0, 0.1) is 0 Å². The van der Waals surface area contributed by atoms with Crippen molar-refractivity contribution in [2.75, 3.05) is 5.32 Å². The standard InChI is InChI=1S/C18H20N2O3/c1-13(21)20-15-7-5-14(6-8-15)18(9-3-10-18)17(22)19-12-16-4-2-11-23-16/h2,4-8,11H,3,9-10,12H2,1H3,(H,19,22)(H,20,21). The van der Waals surface area contributed by atoms with Crippen LogP contribution in [-0.4, -0.2) is 11.8 Å². The maximum atomic E-state index is 12.7. The third-order valence-corrected chi connectivity index (χ3v) is 4.40. The Bertz CT molecular complexity index is 686. The summed E-state index contributed by atoms with van der Waals surface area (Å²) >= 11 is 0. The molecular formula is C18H20N2O3. The lowest BCUT2D eigenvalue weighted by molar-refractivity contribution is -0.130. The molecule has 1 fully saturated rings. The van der Waals surface area contributed by atoms with Crippen LogP contribution in [0.25, 0.3) is 0 Å². The van der Waals surface area contributed by atoms with E-state index in [1.165, 1.54) is 6.92 Å². The molecule has 5 nitrogen and oxygen atoms in total. The fraction of sp³-hybridized carbons (Fsp3) is 0.333. The van der Waals surface area contributed by atoms with Crippen molar-refractivity contribution in [3.63, 3.8) is 0 Å². The molecule has 1 aliphatic rings. The van der Waals surface area contributed by atoms with Crippen LogP contribution < -0.4 is 10.6 Å². The van der Waals surface area contributed by atoms with Crippen LogP contribution in [0.3, 0.4) is 0 Å². The second-order valence-corrected chi connectivity index (χ2v) is 5.96. The van der Waals surface area contributed by atoms with Crippen molar-refractivity contribution in [3.05, 3.63) is 54.0 Å². The van der Waals surface area contributed by atoms with Crippen molar-refractivity contribution in [2.45, 2.75) is 38.1 Å². The maximum Gasteiger partial charge on any atom is 0.231 e. The van der Waals surface area contributed by atoms with E-state index < -0.39 is 5.41 Å². The highest BCUT2D eigenvalue weighted by Crippen LogP contribution is 2.44. The summed E-state index contributed by atoms with van der Waals surface area (Å²) in [5.74, 6) is 0.675. The molecule has 1 saturated carbocycles. The number of benzene rings is 1. The number of anilines is 1. The van der Waals surface area contributed by atoms with Gasteiger partial charge in [0.05, 0.1) is 18.2 Å². The summed E-state index contributed by atoms with van der Waals surface area (Å²) in [6, 6.07) is 11.2. The fourth-order valence-corrected chi connectivity index (χ4v) is 3.00. The summed E-state index contributed by atoms with van der Waals surface area (Å²) in [5, 5.41) is 5.71. The molecule has 23 heavy (non-hydrogen) atoms. The highest BCUT2D eigenvalue weighted by Gasteiger charge is 2.45. The smallest absolute Gasteiger partial charge is 0.231 e. The van der Waals surface area contributed by atoms with Crippen LogP contribution in [-0.2, 0) is 21.5 Å². The first-order valence-electron chi connectivity index (χ1n) is 7.79. The van der Waals surface area contributed by atoms with Gasteiger partial charge in [-0.05, 0) is 42.7 Å². The Morgan fingerprint density at radius 1 is 1.17 bits per heavy atom. The Labute approximate surface area is 135 Å². The molecule has 1 aliphatic carbocycles. The summed E-state index contributed by atoms with van der Waals surface area (Å²) in [6.07, 6.45) is 4.33. The van der Waals surface area contributed by atoms with E-state index in [2.05, 4.69) is 10.6 Å². The molecule has 0 atom stereocenters. The lowest BCUT2D eigenvalue weighted by Crippen LogP contribution is -2.48. The van der Waals surface area contributed by atoms with E-state index in [1.807, 2.05) is 30.3 Å². The molecule has 0 unspecified atom stereocenters. The first-order valence-corrected chi connectivity index (χ1v) is 7.79. The van der Waals surface area contributed by atoms with Crippen LogP contribution in [0.5, 0.6) is 0 Å². The van der Waals surface area contributed by atoms with Gasteiger partial charge >= 0.3 is 0 Å². The van der Waals surface area contributed by atoms with Gasteiger partial charge in [-0.1, -0.05) is 18.6 Å². The Kier molecular flexibility index (Phi) is 4.19. The van der Waals surface area contributed by atoms with Gasteiger partial charge in [0, 0.05) is 12.6 Å². The van der Waals surface area contributed by atoms with Crippen LogP contribution in [0.15, 0.2) is 47.1 Å². The number of rotatable bonds is 5. The molecule has 2 amide bonds. The van der Waals surface area contributed by atoms with Crippen molar-refractivity contribution in [2.24, 2.45) is 0 Å².